The van der Waals surface area contributed by atoms with Gasteiger partial charge in [-0.1, -0.05) is 70.5 Å². The Labute approximate surface area is 187 Å². The fraction of sp³-hybridized carbons (Fsp3) is 0.167. The number of hydrogen-bond acceptors (Lipinski definition) is 4. The Bertz CT molecular complexity index is 1100. The molecular formula is C24H20BrNO5. The van der Waals surface area contributed by atoms with E-state index in [0.717, 1.165) is 26.7 Å². The molecule has 0 fully saturated rings. The van der Waals surface area contributed by atoms with Crippen LogP contribution in [-0.2, 0) is 9.53 Å². The first-order chi connectivity index (χ1) is 15.0. The summed E-state index contributed by atoms with van der Waals surface area (Å²) in [5.41, 5.74) is 4.73. The molecule has 0 heterocycles. The van der Waals surface area contributed by atoms with E-state index in [1.807, 2.05) is 36.4 Å². The Morgan fingerprint density at radius 2 is 1.65 bits per heavy atom. The number of carboxylic acid groups (broad SMARTS) is 1. The third-order valence-electron chi connectivity index (χ3n) is 5.36. The van der Waals surface area contributed by atoms with Gasteiger partial charge >= 0.3 is 12.1 Å². The SMILES string of the molecule is COc1cc(Br)ccc1C(NC(=O)OCC1c2ccccc2-c2ccccc21)C(=O)O. The number of fused-ring (bicyclic) bond motifs is 3. The zero-order valence-electron chi connectivity index (χ0n) is 16.7. The monoisotopic (exact) mass is 481 g/mol. The van der Waals surface area contributed by atoms with Crippen LogP contribution in [0.2, 0.25) is 0 Å². The minimum Gasteiger partial charge on any atom is -0.496 e. The summed E-state index contributed by atoms with van der Waals surface area (Å²) in [6.45, 7) is 0.101. The van der Waals surface area contributed by atoms with Crippen LogP contribution in [0.25, 0.3) is 11.1 Å². The predicted octanol–water partition coefficient (Wildman–Crippen LogP) is 5.12. The van der Waals surface area contributed by atoms with E-state index in [2.05, 4.69) is 33.4 Å². The summed E-state index contributed by atoms with van der Waals surface area (Å²) >= 11 is 3.32. The predicted molar refractivity (Wildman–Crippen MR) is 119 cm³/mol. The van der Waals surface area contributed by atoms with Crippen molar-refractivity contribution < 1.29 is 24.2 Å². The number of alkyl carbamates (subject to hydrolysis) is 1. The van der Waals surface area contributed by atoms with Crippen LogP contribution in [0.15, 0.2) is 71.2 Å². The van der Waals surface area contributed by atoms with E-state index in [9.17, 15) is 14.7 Å². The van der Waals surface area contributed by atoms with Crippen molar-refractivity contribution in [2.24, 2.45) is 0 Å². The van der Waals surface area contributed by atoms with E-state index in [4.69, 9.17) is 9.47 Å². The Kier molecular flexibility index (Phi) is 5.95. The molecule has 0 radical (unpaired) electrons. The zero-order chi connectivity index (χ0) is 22.0. The molecule has 0 aliphatic heterocycles. The van der Waals surface area contributed by atoms with E-state index in [0.29, 0.717) is 11.3 Å². The smallest absolute Gasteiger partial charge is 0.408 e. The molecule has 7 heteroatoms. The van der Waals surface area contributed by atoms with Crippen LogP contribution in [0.4, 0.5) is 4.79 Å². The number of rotatable bonds is 6. The van der Waals surface area contributed by atoms with Crippen LogP contribution in [-0.4, -0.2) is 30.9 Å². The third-order valence-corrected chi connectivity index (χ3v) is 5.85. The van der Waals surface area contributed by atoms with Gasteiger partial charge in [0.25, 0.3) is 0 Å². The Morgan fingerprint density at radius 1 is 1.03 bits per heavy atom. The summed E-state index contributed by atoms with van der Waals surface area (Å²) in [5.74, 6) is -0.974. The standard InChI is InChI=1S/C24H20BrNO5/c1-30-21-12-14(25)10-11-19(21)22(23(27)28)26-24(29)31-13-20-17-8-4-2-6-15(17)16-7-3-5-9-18(16)20/h2-12,20,22H,13H2,1H3,(H,26,29)(H,27,28). The van der Waals surface area contributed by atoms with Crippen molar-refractivity contribution in [2.75, 3.05) is 13.7 Å². The van der Waals surface area contributed by atoms with Crippen molar-refractivity contribution in [1.29, 1.82) is 0 Å². The lowest BCUT2D eigenvalue weighted by molar-refractivity contribution is -0.139. The van der Waals surface area contributed by atoms with E-state index in [1.165, 1.54) is 7.11 Å². The highest BCUT2D eigenvalue weighted by Gasteiger charge is 2.30. The van der Waals surface area contributed by atoms with Crippen LogP contribution >= 0.6 is 15.9 Å². The summed E-state index contributed by atoms with van der Waals surface area (Å²) in [5, 5.41) is 12.1. The molecule has 0 spiro atoms. The van der Waals surface area contributed by atoms with Crippen LogP contribution in [0, 0.1) is 0 Å². The van der Waals surface area contributed by atoms with E-state index < -0.39 is 18.1 Å². The lowest BCUT2D eigenvalue weighted by Gasteiger charge is -2.19. The first kappa shape index (κ1) is 20.9. The molecule has 1 aliphatic carbocycles. The van der Waals surface area contributed by atoms with Gasteiger partial charge in [0.05, 0.1) is 7.11 Å². The maximum absolute atomic E-state index is 12.5. The maximum Gasteiger partial charge on any atom is 0.408 e. The van der Waals surface area contributed by atoms with Crippen LogP contribution in [0.3, 0.4) is 0 Å². The number of nitrogens with one attached hydrogen (secondary N) is 1. The highest BCUT2D eigenvalue weighted by atomic mass is 79.9. The fourth-order valence-electron chi connectivity index (χ4n) is 3.95. The largest absolute Gasteiger partial charge is 0.496 e. The van der Waals surface area contributed by atoms with Gasteiger partial charge in [0.1, 0.15) is 12.4 Å². The number of aliphatic carboxylic acids is 1. The number of amides is 1. The van der Waals surface area contributed by atoms with Crippen molar-refractivity contribution in [3.05, 3.63) is 87.9 Å². The average Bonchev–Trinajstić information content (AvgIpc) is 3.10. The van der Waals surface area contributed by atoms with Gasteiger partial charge in [-0.15, -0.1) is 0 Å². The highest BCUT2D eigenvalue weighted by Crippen LogP contribution is 2.44. The second-order valence-corrected chi connectivity index (χ2v) is 8.04. The number of ether oxygens (including phenoxy) is 2. The number of carbonyl (C=O) groups is 2. The molecule has 1 amide bonds. The molecule has 3 aromatic carbocycles. The Hall–Kier alpha value is -3.32. The third kappa shape index (κ3) is 4.14. The average molecular weight is 482 g/mol. The van der Waals surface area contributed by atoms with Gasteiger partial charge in [0, 0.05) is 16.0 Å². The Morgan fingerprint density at radius 3 is 2.23 bits per heavy atom. The van der Waals surface area contributed by atoms with Gasteiger partial charge < -0.3 is 19.9 Å². The lowest BCUT2D eigenvalue weighted by atomic mass is 9.98. The van der Waals surface area contributed by atoms with Crippen molar-refractivity contribution in [1.82, 2.24) is 5.32 Å². The number of carboxylic acids is 1. The van der Waals surface area contributed by atoms with Gasteiger partial charge in [-0.3, -0.25) is 0 Å². The molecule has 0 saturated carbocycles. The molecule has 0 saturated heterocycles. The van der Waals surface area contributed by atoms with Gasteiger partial charge in [-0.05, 0) is 34.4 Å². The molecule has 0 bridgehead atoms. The summed E-state index contributed by atoms with van der Waals surface area (Å²) in [6, 6.07) is 19.6. The molecule has 4 rings (SSSR count). The van der Waals surface area contributed by atoms with E-state index in [-0.39, 0.29) is 12.5 Å². The molecule has 1 aliphatic rings. The van der Waals surface area contributed by atoms with Gasteiger partial charge in [-0.25, -0.2) is 9.59 Å². The zero-order valence-corrected chi connectivity index (χ0v) is 18.3. The topological polar surface area (TPSA) is 84.9 Å². The molecule has 1 atom stereocenters. The van der Waals surface area contributed by atoms with Crippen LogP contribution < -0.4 is 10.1 Å². The molecule has 0 aromatic heterocycles. The van der Waals surface area contributed by atoms with Crippen molar-refractivity contribution in [2.45, 2.75) is 12.0 Å². The summed E-state index contributed by atoms with van der Waals surface area (Å²) < 4.78 is 11.5. The minimum absolute atomic E-state index is 0.101. The van der Waals surface area contributed by atoms with Gasteiger partial charge in [0.2, 0.25) is 0 Å². The summed E-state index contributed by atoms with van der Waals surface area (Å²) in [6.07, 6.45) is -0.806. The maximum atomic E-state index is 12.5. The number of benzene rings is 3. The van der Waals surface area contributed by atoms with Crippen molar-refractivity contribution in [3.63, 3.8) is 0 Å². The normalized spacial score (nSPS) is 13.1. The van der Waals surface area contributed by atoms with Crippen LogP contribution in [0.1, 0.15) is 28.7 Å². The molecule has 6 nitrogen and oxygen atoms in total. The molecule has 31 heavy (non-hydrogen) atoms. The number of hydrogen-bond donors (Lipinski definition) is 2. The summed E-state index contributed by atoms with van der Waals surface area (Å²) in [7, 11) is 1.44. The minimum atomic E-state index is -1.31. The second-order valence-electron chi connectivity index (χ2n) is 7.13. The van der Waals surface area contributed by atoms with Crippen molar-refractivity contribution >= 4 is 28.0 Å². The molecular weight excluding hydrogens is 462 g/mol. The summed E-state index contributed by atoms with van der Waals surface area (Å²) in [4.78, 5) is 24.4. The van der Waals surface area contributed by atoms with Gasteiger partial charge in [0.15, 0.2) is 6.04 Å². The number of methoxy groups -OCH3 is 1. The van der Waals surface area contributed by atoms with Crippen LogP contribution in [0.5, 0.6) is 5.75 Å². The van der Waals surface area contributed by atoms with E-state index >= 15 is 0 Å². The van der Waals surface area contributed by atoms with Crippen molar-refractivity contribution in [3.8, 4) is 16.9 Å². The highest BCUT2D eigenvalue weighted by molar-refractivity contribution is 9.10. The quantitative estimate of drug-likeness (QED) is 0.510. The second kappa shape index (κ2) is 8.81. The molecule has 158 valence electrons. The first-order valence-corrected chi connectivity index (χ1v) is 10.5. The van der Waals surface area contributed by atoms with Gasteiger partial charge in [-0.2, -0.15) is 0 Å². The molecule has 1 unspecified atom stereocenters. The molecule has 3 aromatic rings. The number of halogens is 1. The molecule has 2 N–H and O–H groups in total. The first-order valence-electron chi connectivity index (χ1n) is 9.67. The Balaban J connectivity index is 1.51. The fourth-order valence-corrected chi connectivity index (χ4v) is 4.29. The lowest BCUT2D eigenvalue weighted by Crippen LogP contribution is -2.35. The van der Waals surface area contributed by atoms with E-state index in [1.54, 1.807) is 18.2 Å². The number of carbonyl (C=O) groups excluding carboxylic acids is 1.